The second-order valence-electron chi connectivity index (χ2n) is 5.97. The molecule has 3 aromatic rings. The second kappa shape index (κ2) is 5.76. The molecule has 3 heteroatoms. The summed E-state index contributed by atoms with van der Waals surface area (Å²) in [7, 11) is 0. The lowest BCUT2D eigenvalue weighted by atomic mass is 10.1. The Bertz CT molecular complexity index is 863. The van der Waals surface area contributed by atoms with Gasteiger partial charge < -0.3 is 10.6 Å². The van der Waals surface area contributed by atoms with Gasteiger partial charge in [-0.2, -0.15) is 0 Å². The Hall–Kier alpha value is -2.81. The SMILES string of the molecule is O=C(Nc1ccccc1C1CC1)Nc1cccc2ccccc12. The van der Waals surface area contributed by atoms with Gasteiger partial charge in [-0.05, 0) is 41.8 Å². The number of hydrogen-bond donors (Lipinski definition) is 2. The molecule has 0 saturated heterocycles. The maximum atomic E-state index is 12.4. The summed E-state index contributed by atoms with van der Waals surface area (Å²) in [5.74, 6) is 0.601. The van der Waals surface area contributed by atoms with Crippen LogP contribution in [-0.4, -0.2) is 6.03 Å². The summed E-state index contributed by atoms with van der Waals surface area (Å²) >= 11 is 0. The number of anilines is 2. The zero-order valence-corrected chi connectivity index (χ0v) is 12.8. The van der Waals surface area contributed by atoms with Crippen molar-refractivity contribution < 1.29 is 4.79 Å². The Morgan fingerprint density at radius 2 is 1.43 bits per heavy atom. The fourth-order valence-corrected chi connectivity index (χ4v) is 2.97. The van der Waals surface area contributed by atoms with Gasteiger partial charge in [0.05, 0.1) is 5.69 Å². The van der Waals surface area contributed by atoms with Crippen molar-refractivity contribution in [2.24, 2.45) is 0 Å². The van der Waals surface area contributed by atoms with Crippen LogP contribution in [0.3, 0.4) is 0 Å². The molecule has 0 unspecified atom stereocenters. The number of hydrogen-bond acceptors (Lipinski definition) is 1. The number of carbonyl (C=O) groups excluding carboxylic acids is 1. The van der Waals surface area contributed by atoms with Crippen LogP contribution in [0, 0.1) is 0 Å². The van der Waals surface area contributed by atoms with E-state index in [2.05, 4.69) is 16.7 Å². The summed E-state index contributed by atoms with van der Waals surface area (Å²) in [5, 5.41) is 8.12. The Balaban J connectivity index is 1.56. The van der Waals surface area contributed by atoms with Crippen LogP contribution in [0.1, 0.15) is 24.3 Å². The van der Waals surface area contributed by atoms with Crippen LogP contribution in [0.15, 0.2) is 66.7 Å². The van der Waals surface area contributed by atoms with Crippen LogP contribution in [0.25, 0.3) is 10.8 Å². The van der Waals surface area contributed by atoms with Crippen molar-refractivity contribution in [2.45, 2.75) is 18.8 Å². The summed E-state index contributed by atoms with van der Waals surface area (Å²) in [6.45, 7) is 0. The average Bonchev–Trinajstić information content (AvgIpc) is 3.40. The molecule has 0 bridgehead atoms. The Kier molecular flexibility index (Phi) is 3.46. The molecule has 4 rings (SSSR count). The number of benzene rings is 3. The van der Waals surface area contributed by atoms with Gasteiger partial charge in [-0.15, -0.1) is 0 Å². The zero-order chi connectivity index (χ0) is 15.6. The fourth-order valence-electron chi connectivity index (χ4n) is 2.97. The summed E-state index contributed by atoms with van der Waals surface area (Å²) in [6.07, 6.45) is 2.42. The van der Waals surface area contributed by atoms with Gasteiger partial charge in [-0.1, -0.05) is 54.6 Å². The third-order valence-electron chi connectivity index (χ3n) is 4.26. The van der Waals surface area contributed by atoms with E-state index in [1.165, 1.54) is 18.4 Å². The summed E-state index contributed by atoms with van der Waals surface area (Å²) < 4.78 is 0. The fraction of sp³-hybridized carbons (Fsp3) is 0.150. The van der Waals surface area contributed by atoms with E-state index in [1.807, 2.05) is 60.7 Å². The van der Waals surface area contributed by atoms with Crippen molar-refractivity contribution in [3.05, 3.63) is 72.3 Å². The van der Waals surface area contributed by atoms with Gasteiger partial charge in [0.15, 0.2) is 0 Å². The van der Waals surface area contributed by atoms with Gasteiger partial charge >= 0.3 is 6.03 Å². The molecular weight excluding hydrogens is 284 g/mol. The Morgan fingerprint density at radius 1 is 0.783 bits per heavy atom. The largest absolute Gasteiger partial charge is 0.323 e. The highest BCUT2D eigenvalue weighted by atomic mass is 16.2. The first-order valence-electron chi connectivity index (χ1n) is 7.96. The number of para-hydroxylation sites is 1. The number of carbonyl (C=O) groups is 1. The molecule has 0 aromatic heterocycles. The predicted molar refractivity (Wildman–Crippen MR) is 95.0 cm³/mol. The van der Waals surface area contributed by atoms with Crippen molar-refractivity contribution in [1.82, 2.24) is 0 Å². The summed E-state index contributed by atoms with van der Waals surface area (Å²) in [4.78, 5) is 12.4. The van der Waals surface area contributed by atoms with Crippen LogP contribution in [0.5, 0.6) is 0 Å². The van der Waals surface area contributed by atoms with Gasteiger partial charge in [0.2, 0.25) is 0 Å². The van der Waals surface area contributed by atoms with Crippen LogP contribution in [0.2, 0.25) is 0 Å². The molecule has 2 N–H and O–H groups in total. The predicted octanol–water partition coefficient (Wildman–Crippen LogP) is 5.36. The Labute approximate surface area is 135 Å². The molecule has 3 aromatic carbocycles. The van der Waals surface area contributed by atoms with Crippen molar-refractivity contribution >= 4 is 28.2 Å². The third kappa shape index (κ3) is 2.90. The highest BCUT2D eigenvalue weighted by molar-refractivity contribution is 6.06. The lowest BCUT2D eigenvalue weighted by Gasteiger charge is -2.12. The molecule has 0 spiro atoms. The van der Waals surface area contributed by atoms with Gasteiger partial charge in [-0.25, -0.2) is 4.79 Å². The highest BCUT2D eigenvalue weighted by Crippen LogP contribution is 2.43. The maximum Gasteiger partial charge on any atom is 0.323 e. The first-order valence-corrected chi connectivity index (χ1v) is 7.96. The Morgan fingerprint density at radius 3 is 2.30 bits per heavy atom. The van der Waals surface area contributed by atoms with Gasteiger partial charge in [0, 0.05) is 11.1 Å². The topological polar surface area (TPSA) is 41.1 Å². The van der Waals surface area contributed by atoms with Crippen molar-refractivity contribution in [2.75, 3.05) is 10.6 Å². The summed E-state index contributed by atoms with van der Waals surface area (Å²) in [5.41, 5.74) is 2.97. The molecule has 0 heterocycles. The van der Waals surface area contributed by atoms with Crippen molar-refractivity contribution in [3.63, 3.8) is 0 Å². The van der Waals surface area contributed by atoms with Crippen molar-refractivity contribution in [1.29, 1.82) is 0 Å². The van der Waals surface area contributed by atoms with Crippen LogP contribution >= 0.6 is 0 Å². The quantitative estimate of drug-likeness (QED) is 0.671. The average molecular weight is 302 g/mol. The molecule has 1 saturated carbocycles. The number of fused-ring (bicyclic) bond motifs is 1. The van der Waals surface area contributed by atoms with Gasteiger partial charge in [0.1, 0.15) is 0 Å². The van der Waals surface area contributed by atoms with E-state index in [1.54, 1.807) is 0 Å². The molecule has 1 aliphatic rings. The van der Waals surface area contributed by atoms with Gasteiger partial charge in [-0.3, -0.25) is 0 Å². The first kappa shape index (κ1) is 13.8. The van der Waals surface area contributed by atoms with E-state index in [0.717, 1.165) is 22.1 Å². The molecule has 2 amide bonds. The van der Waals surface area contributed by atoms with E-state index < -0.39 is 0 Å². The molecule has 1 aliphatic carbocycles. The standard InChI is InChI=1S/C20H18N2O/c23-20(21-18-10-4-3-9-17(18)15-12-13-15)22-19-11-5-7-14-6-1-2-8-16(14)19/h1-11,15H,12-13H2,(H2,21,22,23). The minimum Gasteiger partial charge on any atom is -0.307 e. The zero-order valence-electron chi connectivity index (χ0n) is 12.8. The monoisotopic (exact) mass is 302 g/mol. The molecule has 0 radical (unpaired) electrons. The minimum absolute atomic E-state index is 0.200. The molecule has 1 fully saturated rings. The minimum atomic E-state index is -0.200. The third-order valence-corrected chi connectivity index (χ3v) is 4.26. The lowest BCUT2D eigenvalue weighted by molar-refractivity contribution is 0.262. The number of amides is 2. The van der Waals surface area contributed by atoms with E-state index in [-0.39, 0.29) is 6.03 Å². The molecule has 0 aliphatic heterocycles. The molecule has 114 valence electrons. The van der Waals surface area contributed by atoms with Crippen LogP contribution in [0.4, 0.5) is 16.2 Å². The first-order chi connectivity index (χ1) is 11.3. The lowest BCUT2D eigenvalue weighted by Crippen LogP contribution is -2.20. The maximum absolute atomic E-state index is 12.4. The van der Waals surface area contributed by atoms with E-state index >= 15 is 0 Å². The van der Waals surface area contributed by atoms with E-state index in [0.29, 0.717) is 5.92 Å². The summed E-state index contributed by atoms with van der Waals surface area (Å²) in [6, 6.07) is 21.8. The normalized spacial score (nSPS) is 13.7. The number of rotatable bonds is 3. The smallest absolute Gasteiger partial charge is 0.307 e. The van der Waals surface area contributed by atoms with Gasteiger partial charge in [0.25, 0.3) is 0 Å². The van der Waals surface area contributed by atoms with E-state index in [4.69, 9.17) is 0 Å². The number of nitrogens with one attached hydrogen (secondary N) is 2. The second-order valence-corrected chi connectivity index (χ2v) is 5.97. The molecule has 23 heavy (non-hydrogen) atoms. The number of urea groups is 1. The van der Waals surface area contributed by atoms with Crippen LogP contribution in [-0.2, 0) is 0 Å². The highest BCUT2D eigenvalue weighted by Gasteiger charge is 2.26. The molecular formula is C20H18N2O. The van der Waals surface area contributed by atoms with Crippen LogP contribution < -0.4 is 10.6 Å². The van der Waals surface area contributed by atoms with E-state index in [9.17, 15) is 4.79 Å². The van der Waals surface area contributed by atoms with Crippen molar-refractivity contribution in [3.8, 4) is 0 Å². The molecule has 0 atom stereocenters. The molecule has 3 nitrogen and oxygen atoms in total.